The van der Waals surface area contributed by atoms with E-state index in [2.05, 4.69) is 6.58 Å². The molecule has 0 heterocycles. The number of hydrogen-bond acceptors (Lipinski definition) is 6. The number of hydrogen-bond donors (Lipinski definition) is 4. The standard InChI is InChI=1S/C14H12N2O4/c1-6-7(15)2-5-10(18)14(20)11-8(16)3-4-9(17)12(11)13(6)19/h2-5,17-18H,1,15-16H2/b7-2?,10-5+. The van der Waals surface area contributed by atoms with Gasteiger partial charge in [0.25, 0.3) is 0 Å². The topological polar surface area (TPSA) is 127 Å². The van der Waals surface area contributed by atoms with Gasteiger partial charge in [-0.3, -0.25) is 9.59 Å². The smallest absolute Gasteiger partial charge is 0.230 e. The fourth-order valence-corrected chi connectivity index (χ4v) is 1.84. The Bertz CT molecular complexity index is 714. The molecule has 6 nitrogen and oxygen atoms in total. The highest BCUT2D eigenvalue weighted by Crippen LogP contribution is 2.31. The molecule has 1 aromatic rings. The number of carbonyl (C=O) groups is 2. The summed E-state index contributed by atoms with van der Waals surface area (Å²) in [5.74, 6) is -2.68. The van der Waals surface area contributed by atoms with Crippen molar-refractivity contribution in [1.82, 2.24) is 0 Å². The lowest BCUT2D eigenvalue weighted by molar-refractivity contribution is 0.0964. The summed E-state index contributed by atoms with van der Waals surface area (Å²) >= 11 is 0. The predicted molar refractivity (Wildman–Crippen MR) is 73.3 cm³/mol. The lowest BCUT2D eigenvalue weighted by Gasteiger charge is -2.12. The zero-order valence-electron chi connectivity index (χ0n) is 10.4. The summed E-state index contributed by atoms with van der Waals surface area (Å²) in [5.41, 5.74) is 10.5. The van der Waals surface area contributed by atoms with Crippen molar-refractivity contribution in [2.75, 3.05) is 5.73 Å². The van der Waals surface area contributed by atoms with Crippen LogP contribution < -0.4 is 11.5 Å². The van der Waals surface area contributed by atoms with Gasteiger partial charge in [-0.25, -0.2) is 0 Å². The van der Waals surface area contributed by atoms with Crippen LogP contribution in [0.3, 0.4) is 0 Å². The molecular weight excluding hydrogens is 260 g/mol. The molecule has 2 rings (SSSR count). The molecule has 1 aliphatic carbocycles. The summed E-state index contributed by atoms with van der Waals surface area (Å²) in [6, 6.07) is 2.45. The number of allylic oxidation sites excluding steroid dienone is 4. The first-order valence-electron chi connectivity index (χ1n) is 5.61. The summed E-state index contributed by atoms with van der Waals surface area (Å²) in [6.07, 6.45) is 2.24. The Morgan fingerprint density at radius 2 is 1.60 bits per heavy atom. The number of aliphatic hydroxyl groups excluding tert-OH is 1. The maximum absolute atomic E-state index is 12.3. The predicted octanol–water partition coefficient (Wildman–Crippen LogP) is 1.19. The zero-order chi connectivity index (χ0) is 15.0. The van der Waals surface area contributed by atoms with Gasteiger partial charge in [0.1, 0.15) is 5.75 Å². The van der Waals surface area contributed by atoms with E-state index in [0.29, 0.717) is 0 Å². The van der Waals surface area contributed by atoms with Crippen molar-refractivity contribution in [3.8, 4) is 5.75 Å². The molecule has 0 atom stereocenters. The second-order valence-electron chi connectivity index (χ2n) is 4.23. The largest absolute Gasteiger partial charge is 0.507 e. The number of nitrogen functional groups attached to an aromatic ring is 1. The quantitative estimate of drug-likeness (QED) is 0.319. The molecule has 0 saturated carbocycles. The van der Waals surface area contributed by atoms with Crippen molar-refractivity contribution in [3.05, 3.63) is 59.0 Å². The van der Waals surface area contributed by atoms with Crippen molar-refractivity contribution < 1.29 is 19.8 Å². The van der Waals surface area contributed by atoms with Crippen LogP contribution in [0.4, 0.5) is 5.69 Å². The highest BCUT2D eigenvalue weighted by molar-refractivity contribution is 6.23. The molecule has 6 heteroatoms. The Morgan fingerprint density at radius 3 is 2.25 bits per heavy atom. The average molecular weight is 272 g/mol. The van der Waals surface area contributed by atoms with Crippen LogP contribution in [0.2, 0.25) is 0 Å². The highest BCUT2D eigenvalue weighted by atomic mass is 16.3. The number of anilines is 1. The summed E-state index contributed by atoms with van der Waals surface area (Å²) < 4.78 is 0. The van der Waals surface area contributed by atoms with E-state index in [1.807, 2.05) is 0 Å². The van der Waals surface area contributed by atoms with Crippen LogP contribution in [0.25, 0.3) is 0 Å². The van der Waals surface area contributed by atoms with Gasteiger partial charge in [0.05, 0.1) is 11.1 Å². The van der Waals surface area contributed by atoms with E-state index < -0.39 is 23.1 Å². The Morgan fingerprint density at radius 1 is 0.950 bits per heavy atom. The van der Waals surface area contributed by atoms with Gasteiger partial charge in [-0.2, -0.15) is 0 Å². The number of Topliss-reactive ketones (excluding diaryl/α,β-unsaturated/α-hetero) is 2. The van der Waals surface area contributed by atoms with E-state index in [1.54, 1.807) is 0 Å². The number of nitrogens with two attached hydrogens (primary N) is 2. The maximum Gasteiger partial charge on any atom is 0.230 e. The molecule has 0 unspecified atom stereocenters. The Hall–Kier alpha value is -3.02. The molecule has 0 fully saturated rings. The minimum absolute atomic E-state index is 0.0241. The first-order chi connectivity index (χ1) is 9.34. The molecule has 0 aliphatic heterocycles. The van der Waals surface area contributed by atoms with Gasteiger partial charge in [-0.1, -0.05) is 6.58 Å². The summed E-state index contributed by atoms with van der Waals surface area (Å²) in [5, 5.41) is 19.5. The van der Waals surface area contributed by atoms with Crippen LogP contribution in [0.1, 0.15) is 20.7 Å². The number of phenols is 1. The molecule has 0 aromatic heterocycles. The van der Waals surface area contributed by atoms with Crippen LogP contribution in [0, 0.1) is 0 Å². The number of aliphatic hydroxyl groups is 1. The highest BCUT2D eigenvalue weighted by Gasteiger charge is 2.28. The molecule has 6 N–H and O–H groups in total. The van der Waals surface area contributed by atoms with Crippen LogP contribution >= 0.6 is 0 Å². The van der Waals surface area contributed by atoms with Crippen molar-refractivity contribution in [2.24, 2.45) is 5.73 Å². The number of carbonyl (C=O) groups excluding carboxylic acids is 2. The van der Waals surface area contributed by atoms with Gasteiger partial charge in [-0.15, -0.1) is 0 Å². The van der Waals surface area contributed by atoms with E-state index in [9.17, 15) is 19.8 Å². The normalized spacial score (nSPS) is 18.3. The van der Waals surface area contributed by atoms with E-state index >= 15 is 0 Å². The van der Waals surface area contributed by atoms with E-state index in [0.717, 1.165) is 6.08 Å². The summed E-state index contributed by atoms with van der Waals surface area (Å²) in [4.78, 5) is 24.4. The third-order valence-electron chi connectivity index (χ3n) is 2.95. The number of fused-ring (bicyclic) bond motifs is 1. The van der Waals surface area contributed by atoms with Gasteiger partial charge < -0.3 is 21.7 Å². The number of phenolic OH excluding ortho intramolecular Hbond substituents is 1. The number of aromatic hydroxyl groups is 1. The van der Waals surface area contributed by atoms with Crippen molar-refractivity contribution in [1.29, 1.82) is 0 Å². The molecule has 1 aromatic carbocycles. The van der Waals surface area contributed by atoms with Crippen molar-refractivity contribution in [2.45, 2.75) is 0 Å². The van der Waals surface area contributed by atoms with Crippen LogP contribution in [0.5, 0.6) is 5.75 Å². The van der Waals surface area contributed by atoms with Crippen molar-refractivity contribution >= 4 is 17.3 Å². The second kappa shape index (κ2) is 4.58. The second-order valence-corrected chi connectivity index (χ2v) is 4.23. The zero-order valence-corrected chi connectivity index (χ0v) is 10.4. The van der Waals surface area contributed by atoms with Crippen LogP contribution in [-0.4, -0.2) is 21.8 Å². The van der Waals surface area contributed by atoms with Gasteiger partial charge in [0.15, 0.2) is 11.5 Å². The fourth-order valence-electron chi connectivity index (χ4n) is 1.84. The Kier molecular flexibility index (Phi) is 3.07. The minimum atomic E-state index is -0.875. The lowest BCUT2D eigenvalue weighted by Crippen LogP contribution is -2.16. The molecule has 1 aliphatic rings. The molecule has 0 saturated heterocycles. The Labute approximate surface area is 114 Å². The van der Waals surface area contributed by atoms with Crippen LogP contribution in [-0.2, 0) is 0 Å². The molecule has 0 bridgehead atoms. The number of benzene rings is 1. The van der Waals surface area contributed by atoms with Crippen LogP contribution in [0.15, 0.2) is 47.9 Å². The number of rotatable bonds is 0. The van der Waals surface area contributed by atoms with Gasteiger partial charge in [-0.05, 0) is 24.3 Å². The molecule has 20 heavy (non-hydrogen) atoms. The summed E-state index contributed by atoms with van der Waals surface area (Å²) in [7, 11) is 0. The minimum Gasteiger partial charge on any atom is -0.507 e. The average Bonchev–Trinajstić information content (AvgIpc) is 2.45. The third kappa shape index (κ3) is 1.93. The molecular formula is C14H12N2O4. The first-order valence-corrected chi connectivity index (χ1v) is 5.61. The first kappa shape index (κ1) is 13.4. The van der Waals surface area contributed by atoms with E-state index in [4.69, 9.17) is 11.5 Å². The SMILES string of the molecule is C=C1C(=O)c2c(O)ccc(N)c2C(=O)/C(O)=C\C=C1N. The lowest BCUT2D eigenvalue weighted by atomic mass is 9.93. The number of ketones is 2. The summed E-state index contributed by atoms with van der Waals surface area (Å²) in [6.45, 7) is 3.52. The monoisotopic (exact) mass is 272 g/mol. The Balaban J connectivity index is 2.87. The molecule has 0 spiro atoms. The van der Waals surface area contributed by atoms with E-state index in [1.165, 1.54) is 18.2 Å². The van der Waals surface area contributed by atoms with Crippen molar-refractivity contribution in [3.63, 3.8) is 0 Å². The fraction of sp³-hybridized carbons (Fsp3) is 0. The molecule has 102 valence electrons. The van der Waals surface area contributed by atoms with E-state index in [-0.39, 0.29) is 28.1 Å². The maximum atomic E-state index is 12.3. The van der Waals surface area contributed by atoms with Gasteiger partial charge in [0.2, 0.25) is 5.78 Å². The van der Waals surface area contributed by atoms with Gasteiger partial charge in [0, 0.05) is 17.0 Å². The van der Waals surface area contributed by atoms with Gasteiger partial charge >= 0.3 is 0 Å². The molecule has 0 amide bonds. The third-order valence-corrected chi connectivity index (χ3v) is 2.95. The molecule has 0 radical (unpaired) electrons.